The number of aliphatic carboxylic acids is 1. The molecule has 0 unspecified atom stereocenters. The van der Waals surface area contributed by atoms with Crippen molar-refractivity contribution >= 4 is 5.97 Å². The molecule has 1 N–H and O–H groups in total. The maximum absolute atomic E-state index is 14.2. The Morgan fingerprint density at radius 3 is 2.24 bits per heavy atom. The second kappa shape index (κ2) is 3.52. The first kappa shape index (κ1) is 12.0. The fourth-order valence-corrected chi connectivity index (χ4v) is 2.62. The van der Waals surface area contributed by atoms with Crippen LogP contribution in [-0.2, 0) is 10.7 Å². The Bertz CT molecular complexity index is 440. The quantitative estimate of drug-likeness (QED) is 0.881. The van der Waals surface area contributed by atoms with Gasteiger partial charge in [0.1, 0.15) is 0 Å². The molecule has 0 aromatic heterocycles. The summed E-state index contributed by atoms with van der Waals surface area (Å²) in [7, 11) is 0. The highest BCUT2D eigenvalue weighted by atomic mass is 19.3. The molecule has 1 fully saturated rings. The van der Waals surface area contributed by atoms with Crippen molar-refractivity contribution < 1.29 is 18.7 Å². The minimum absolute atomic E-state index is 0.109. The normalized spacial score (nSPS) is 26.6. The maximum atomic E-state index is 14.2. The Hall–Kier alpha value is -1.45. The Labute approximate surface area is 98.3 Å². The summed E-state index contributed by atoms with van der Waals surface area (Å²) in [5, 5.41) is 8.94. The molecule has 1 aromatic rings. The van der Waals surface area contributed by atoms with Crippen LogP contribution in [-0.4, -0.2) is 11.1 Å². The predicted molar refractivity (Wildman–Crippen MR) is 58.7 cm³/mol. The number of carbonyl (C=O) groups is 1. The van der Waals surface area contributed by atoms with Crippen LogP contribution in [0.2, 0.25) is 0 Å². The van der Waals surface area contributed by atoms with Crippen LogP contribution in [0.4, 0.5) is 8.78 Å². The monoisotopic (exact) mass is 240 g/mol. The van der Waals surface area contributed by atoms with Gasteiger partial charge >= 0.3 is 5.97 Å². The number of alkyl halides is 2. The topological polar surface area (TPSA) is 37.3 Å². The van der Waals surface area contributed by atoms with E-state index in [-0.39, 0.29) is 5.56 Å². The molecule has 0 radical (unpaired) electrons. The van der Waals surface area contributed by atoms with Gasteiger partial charge in [-0.15, -0.1) is 0 Å². The maximum Gasteiger partial charge on any atom is 0.307 e. The minimum Gasteiger partial charge on any atom is -0.481 e. The highest BCUT2D eigenvalue weighted by molar-refractivity contribution is 5.76. The zero-order valence-corrected chi connectivity index (χ0v) is 9.65. The lowest BCUT2D eigenvalue weighted by molar-refractivity contribution is -0.141. The van der Waals surface area contributed by atoms with E-state index in [0.717, 1.165) is 0 Å². The average Bonchev–Trinajstić information content (AvgIpc) is 2.84. The Balaban J connectivity index is 2.33. The van der Waals surface area contributed by atoms with Gasteiger partial charge in [-0.05, 0) is 5.41 Å². The van der Waals surface area contributed by atoms with E-state index in [0.29, 0.717) is 0 Å². The van der Waals surface area contributed by atoms with Gasteiger partial charge in [-0.2, -0.15) is 0 Å². The molecular weight excluding hydrogens is 226 g/mol. The molecule has 1 aliphatic carbocycles. The van der Waals surface area contributed by atoms with Gasteiger partial charge in [0.15, 0.2) is 0 Å². The summed E-state index contributed by atoms with van der Waals surface area (Å²) in [6, 6.07) is 7.41. The first-order valence-corrected chi connectivity index (χ1v) is 5.45. The van der Waals surface area contributed by atoms with E-state index < -0.39 is 29.1 Å². The van der Waals surface area contributed by atoms with Crippen LogP contribution >= 0.6 is 0 Å². The van der Waals surface area contributed by atoms with Crippen molar-refractivity contribution in [2.75, 3.05) is 0 Å². The van der Waals surface area contributed by atoms with Crippen LogP contribution in [0.1, 0.15) is 19.4 Å². The van der Waals surface area contributed by atoms with E-state index in [9.17, 15) is 13.6 Å². The molecule has 0 heterocycles. The number of hydrogen-bond acceptors (Lipinski definition) is 1. The molecule has 2 nitrogen and oxygen atoms in total. The lowest BCUT2D eigenvalue weighted by Gasteiger charge is -2.18. The number of rotatable bonds is 3. The lowest BCUT2D eigenvalue weighted by Crippen LogP contribution is -2.20. The van der Waals surface area contributed by atoms with Crippen LogP contribution in [0.15, 0.2) is 30.3 Å². The van der Waals surface area contributed by atoms with Crippen LogP contribution in [0, 0.1) is 17.3 Å². The Morgan fingerprint density at radius 1 is 1.29 bits per heavy atom. The summed E-state index contributed by atoms with van der Waals surface area (Å²) in [5.41, 5.74) is -0.965. The molecule has 17 heavy (non-hydrogen) atoms. The van der Waals surface area contributed by atoms with Crippen molar-refractivity contribution in [3.05, 3.63) is 35.9 Å². The molecule has 1 aliphatic rings. The predicted octanol–water partition coefficient (Wildman–Crippen LogP) is 3.14. The minimum atomic E-state index is -3.09. The molecule has 92 valence electrons. The fourth-order valence-electron chi connectivity index (χ4n) is 2.62. The van der Waals surface area contributed by atoms with Crippen LogP contribution in [0.25, 0.3) is 0 Å². The summed E-state index contributed by atoms with van der Waals surface area (Å²) < 4.78 is 28.4. The summed E-state index contributed by atoms with van der Waals surface area (Å²) in [6.07, 6.45) is 0. The van der Waals surface area contributed by atoms with Crippen molar-refractivity contribution in [1.29, 1.82) is 0 Å². The van der Waals surface area contributed by atoms with Crippen molar-refractivity contribution in [3.63, 3.8) is 0 Å². The smallest absolute Gasteiger partial charge is 0.307 e. The molecule has 0 bridgehead atoms. The zero-order chi connectivity index (χ0) is 12.8. The Morgan fingerprint density at radius 2 is 1.82 bits per heavy atom. The molecule has 0 aliphatic heterocycles. The Kier molecular flexibility index (Phi) is 2.49. The standard InChI is InChI=1S/C13H14F2O2/c1-12(2)9(11(16)17)10(12)13(14,15)8-6-4-3-5-7-8/h3-7,9-10H,1-2H3,(H,16,17)/t9-,10+/m0/s1. The number of carboxylic acid groups (broad SMARTS) is 1. The molecule has 1 saturated carbocycles. The average molecular weight is 240 g/mol. The van der Waals surface area contributed by atoms with Crippen LogP contribution in [0.5, 0.6) is 0 Å². The molecule has 0 spiro atoms. The van der Waals surface area contributed by atoms with Crippen LogP contribution in [0.3, 0.4) is 0 Å². The second-order valence-corrected chi connectivity index (χ2v) is 5.10. The van der Waals surface area contributed by atoms with E-state index in [4.69, 9.17) is 5.11 Å². The van der Waals surface area contributed by atoms with E-state index in [1.165, 1.54) is 24.3 Å². The molecule has 0 saturated heterocycles. The molecule has 4 heteroatoms. The van der Waals surface area contributed by atoms with Crippen molar-refractivity contribution in [1.82, 2.24) is 0 Å². The first-order chi connectivity index (χ1) is 7.79. The third kappa shape index (κ3) is 1.72. The van der Waals surface area contributed by atoms with Gasteiger partial charge < -0.3 is 5.11 Å². The molecule has 2 atom stereocenters. The highest BCUT2D eigenvalue weighted by Crippen LogP contribution is 2.67. The number of halogens is 2. The first-order valence-electron chi connectivity index (χ1n) is 5.45. The van der Waals surface area contributed by atoms with E-state index in [2.05, 4.69) is 0 Å². The summed E-state index contributed by atoms with van der Waals surface area (Å²) in [5.74, 6) is -6.34. The SMILES string of the molecule is CC1(C)[C@H](C(=O)O)[C@H]1C(F)(F)c1ccccc1. The number of carboxylic acids is 1. The van der Waals surface area contributed by atoms with Gasteiger partial charge in [-0.25, -0.2) is 8.78 Å². The van der Waals surface area contributed by atoms with E-state index >= 15 is 0 Å². The van der Waals surface area contributed by atoms with E-state index in [1.54, 1.807) is 19.9 Å². The van der Waals surface area contributed by atoms with Gasteiger partial charge in [-0.3, -0.25) is 4.79 Å². The number of hydrogen-bond donors (Lipinski definition) is 1. The van der Waals surface area contributed by atoms with Crippen molar-refractivity contribution in [3.8, 4) is 0 Å². The fraction of sp³-hybridized carbons (Fsp3) is 0.462. The van der Waals surface area contributed by atoms with Crippen molar-refractivity contribution in [2.45, 2.75) is 19.8 Å². The summed E-state index contributed by atoms with van der Waals surface area (Å²) >= 11 is 0. The summed E-state index contributed by atoms with van der Waals surface area (Å²) in [6.45, 7) is 3.15. The largest absolute Gasteiger partial charge is 0.481 e. The number of benzene rings is 1. The van der Waals surface area contributed by atoms with Gasteiger partial charge in [0.25, 0.3) is 5.92 Å². The third-order valence-electron chi connectivity index (χ3n) is 3.64. The lowest BCUT2D eigenvalue weighted by atomic mass is 9.99. The molecular formula is C13H14F2O2. The van der Waals surface area contributed by atoms with Gasteiger partial charge in [0.2, 0.25) is 0 Å². The molecule has 1 aromatic carbocycles. The van der Waals surface area contributed by atoms with Crippen molar-refractivity contribution in [2.24, 2.45) is 17.3 Å². The second-order valence-electron chi connectivity index (χ2n) is 5.10. The van der Waals surface area contributed by atoms with Gasteiger partial charge in [0.05, 0.1) is 5.92 Å². The highest BCUT2D eigenvalue weighted by Gasteiger charge is 2.72. The van der Waals surface area contributed by atoms with Gasteiger partial charge in [-0.1, -0.05) is 44.2 Å². The molecule has 2 rings (SSSR count). The third-order valence-corrected chi connectivity index (χ3v) is 3.64. The van der Waals surface area contributed by atoms with Crippen LogP contribution < -0.4 is 0 Å². The molecule has 0 amide bonds. The summed E-state index contributed by atoms with van der Waals surface area (Å²) in [4.78, 5) is 10.9. The van der Waals surface area contributed by atoms with E-state index in [1.807, 2.05) is 0 Å². The zero-order valence-electron chi connectivity index (χ0n) is 9.65. The van der Waals surface area contributed by atoms with Gasteiger partial charge in [0, 0.05) is 11.5 Å².